The Morgan fingerprint density at radius 3 is 1.49 bits per heavy atom. The second-order valence-electron chi connectivity index (χ2n) is 16.6. The number of nitriles is 2. The summed E-state index contributed by atoms with van der Waals surface area (Å²) in [6, 6.07) is 56.3. The first-order chi connectivity index (χ1) is 37.0. The Bertz CT molecular complexity index is 3390. The van der Waals surface area contributed by atoms with E-state index in [1.807, 2.05) is 72.8 Å². The summed E-state index contributed by atoms with van der Waals surface area (Å²) < 4.78 is 2.23. The van der Waals surface area contributed by atoms with E-state index in [4.69, 9.17) is 90.2 Å². The van der Waals surface area contributed by atoms with Gasteiger partial charge in [-0.1, -0.05) is 130 Å². The molecule has 0 aliphatic rings. The van der Waals surface area contributed by atoms with Crippen LogP contribution in [0.2, 0.25) is 30.1 Å². The predicted octanol–water partition coefficient (Wildman–Crippen LogP) is 16.0. The largest absolute Gasteiger partial charge is 0.550 e. The van der Waals surface area contributed by atoms with Crippen LogP contribution in [0, 0.1) is 22.7 Å². The number of aromatic nitrogens is 2. The first-order valence-electron chi connectivity index (χ1n) is 23.4. The first kappa shape index (κ1) is 60.1. The summed E-state index contributed by atoms with van der Waals surface area (Å²) in [6.45, 7) is 7.12. The number of rotatable bonds is 13. The SMILES string of the molecule is CC#N.CC#N.CC(C)Nc1cc2c(cc1Nc1ccc(Cl)cc1)nc1ccccc1[n+]2-c1ccc(Cl)cc1.O=C(O)Cc1ccccc1Nc1c(Cl)cccc1Cl.O=C([O-])Cc1ccccc1Nc1c(Cl)cccc1Cl. The molecule has 392 valence electrons. The third-order valence-corrected chi connectivity index (χ3v) is 12.3. The number of carboxylic acid groups (broad SMARTS) is 2. The maximum atomic E-state index is 10.8. The lowest BCUT2D eigenvalue weighted by Gasteiger charge is -2.17. The molecule has 1 aromatic heterocycles. The zero-order valence-electron chi connectivity index (χ0n) is 41.9. The van der Waals surface area contributed by atoms with Gasteiger partial charge in [0.05, 0.1) is 61.4 Å². The van der Waals surface area contributed by atoms with Gasteiger partial charge in [0, 0.05) is 83.7 Å². The molecule has 0 aliphatic heterocycles. The highest BCUT2D eigenvalue weighted by Crippen LogP contribution is 2.36. The molecule has 0 fully saturated rings. The number of fused-ring (bicyclic) bond motifs is 2. The number of hydrogen-bond acceptors (Lipinski definition) is 10. The molecule has 0 saturated heterocycles. The molecule has 8 aromatic carbocycles. The minimum atomic E-state index is -1.14. The number of aliphatic carboxylic acids is 2. The van der Waals surface area contributed by atoms with Gasteiger partial charge in [-0.2, -0.15) is 10.5 Å². The Balaban J connectivity index is 0.000000214. The first-order valence-corrected chi connectivity index (χ1v) is 25.7. The van der Waals surface area contributed by atoms with Crippen LogP contribution < -0.4 is 30.9 Å². The number of hydrogen-bond donors (Lipinski definition) is 5. The molecule has 1 heterocycles. The number of carboxylic acids is 2. The van der Waals surface area contributed by atoms with Crippen molar-refractivity contribution in [1.29, 1.82) is 10.5 Å². The monoisotopic (exact) mass is 1140 g/mol. The summed E-state index contributed by atoms with van der Waals surface area (Å²) in [7, 11) is 0. The quantitative estimate of drug-likeness (QED) is 0.0545. The van der Waals surface area contributed by atoms with Crippen LogP contribution in [-0.4, -0.2) is 28.1 Å². The molecule has 9 aromatic rings. The van der Waals surface area contributed by atoms with Crippen LogP contribution in [0.4, 0.5) is 39.8 Å². The number of anilines is 7. The second kappa shape index (κ2) is 30.1. The second-order valence-corrected chi connectivity index (χ2v) is 19.1. The van der Waals surface area contributed by atoms with Crippen molar-refractivity contribution in [3.05, 3.63) is 211 Å². The fourth-order valence-electron chi connectivity index (χ4n) is 7.36. The average molecular weight is 1150 g/mol. The van der Waals surface area contributed by atoms with Crippen molar-refractivity contribution in [1.82, 2.24) is 4.98 Å². The van der Waals surface area contributed by atoms with Crippen molar-refractivity contribution in [2.45, 2.75) is 46.6 Å². The number of carbonyl (C=O) groups excluding carboxylic acids is 1. The van der Waals surface area contributed by atoms with Crippen molar-refractivity contribution in [3.8, 4) is 17.8 Å². The van der Waals surface area contributed by atoms with Crippen molar-refractivity contribution in [3.63, 3.8) is 0 Å². The van der Waals surface area contributed by atoms with Crippen LogP contribution in [-0.2, 0) is 22.4 Å². The summed E-state index contributed by atoms with van der Waals surface area (Å²) >= 11 is 36.5. The number of para-hydroxylation sites is 6. The normalized spacial score (nSPS) is 10.1. The highest BCUT2D eigenvalue weighted by molar-refractivity contribution is 6.40. The standard InChI is InChI=1S/C27H22Cl2N4.2C14H11Cl2NO2.2C2H3N/c1-17(2)30-24-16-27-25(15-23(24)31-20-11-7-18(28)8-12-20)32-22-5-3-4-6-26(22)33(27)21-13-9-19(29)10-14-21;2*15-10-5-3-6-11(16)14(10)17-12-7-2-1-4-9(12)8-13(18)19;2*1-2-3/h3-17H,1-2H3,(H,31,32);2*1-7,17H,8H2,(H,18,19);2*1H3. The average Bonchev–Trinajstić information content (AvgIpc) is 3.40. The smallest absolute Gasteiger partial charge is 0.307 e. The molecule has 0 amide bonds. The van der Waals surface area contributed by atoms with E-state index in [-0.39, 0.29) is 18.9 Å². The van der Waals surface area contributed by atoms with Crippen LogP contribution in [0.25, 0.3) is 27.8 Å². The minimum Gasteiger partial charge on any atom is -0.550 e. The van der Waals surface area contributed by atoms with E-state index in [1.165, 1.54) is 13.8 Å². The molecule has 77 heavy (non-hydrogen) atoms. The van der Waals surface area contributed by atoms with Gasteiger partial charge in [0.15, 0.2) is 0 Å². The zero-order valence-corrected chi connectivity index (χ0v) is 46.4. The molecule has 12 nitrogen and oxygen atoms in total. The van der Waals surface area contributed by atoms with E-state index in [1.54, 1.807) is 91.0 Å². The zero-order chi connectivity index (χ0) is 56.0. The van der Waals surface area contributed by atoms with Crippen molar-refractivity contribution >= 4 is 143 Å². The molecule has 0 atom stereocenters. The lowest BCUT2D eigenvalue weighted by atomic mass is 10.1. The van der Waals surface area contributed by atoms with E-state index >= 15 is 0 Å². The predicted molar refractivity (Wildman–Crippen MR) is 314 cm³/mol. The van der Waals surface area contributed by atoms with Crippen molar-refractivity contribution in [2.24, 2.45) is 0 Å². The fraction of sp³-hybridized carbons (Fsp3) is 0.119. The van der Waals surface area contributed by atoms with Gasteiger partial charge in [0.1, 0.15) is 11.0 Å². The van der Waals surface area contributed by atoms with Crippen molar-refractivity contribution in [2.75, 3.05) is 21.3 Å². The Morgan fingerprint density at radius 2 is 1.01 bits per heavy atom. The van der Waals surface area contributed by atoms with Crippen LogP contribution in [0.15, 0.2) is 170 Å². The number of benzene rings is 8. The van der Waals surface area contributed by atoms with Gasteiger partial charge in [-0.25, -0.2) is 4.98 Å². The van der Waals surface area contributed by atoms with E-state index in [9.17, 15) is 14.7 Å². The van der Waals surface area contributed by atoms with Gasteiger partial charge in [-0.05, 0) is 110 Å². The molecule has 0 unspecified atom stereocenters. The number of nitrogens with one attached hydrogen (secondary N) is 4. The number of nitrogens with zero attached hydrogens (tertiary/aromatic N) is 4. The van der Waals surface area contributed by atoms with Gasteiger partial charge in [0.25, 0.3) is 0 Å². The third-order valence-electron chi connectivity index (χ3n) is 10.5. The molecule has 0 aliphatic carbocycles. The van der Waals surface area contributed by atoms with Crippen LogP contribution >= 0.6 is 69.6 Å². The van der Waals surface area contributed by atoms with E-state index < -0.39 is 11.9 Å². The Kier molecular flexibility index (Phi) is 23.5. The molecule has 0 radical (unpaired) electrons. The Hall–Kier alpha value is -7.78. The number of halogens is 6. The third kappa shape index (κ3) is 17.9. The van der Waals surface area contributed by atoms with Gasteiger partial charge in [-0.15, -0.1) is 4.57 Å². The molecule has 0 spiro atoms. The lowest BCUT2D eigenvalue weighted by molar-refractivity contribution is -0.538. The van der Waals surface area contributed by atoms with E-state index in [2.05, 4.69) is 57.9 Å². The Morgan fingerprint density at radius 1 is 0.558 bits per heavy atom. The molecular formula is C59H50Cl6N8O4. The van der Waals surface area contributed by atoms with Crippen molar-refractivity contribution < 1.29 is 24.4 Å². The highest BCUT2D eigenvalue weighted by Gasteiger charge is 2.22. The lowest BCUT2D eigenvalue weighted by Crippen LogP contribution is -2.33. The van der Waals surface area contributed by atoms with Crippen LogP contribution in [0.3, 0.4) is 0 Å². The van der Waals surface area contributed by atoms with Gasteiger partial charge >= 0.3 is 5.97 Å². The van der Waals surface area contributed by atoms with E-state index in [0.717, 1.165) is 44.8 Å². The summed E-state index contributed by atoms with van der Waals surface area (Å²) in [5.41, 5.74) is 11.5. The van der Waals surface area contributed by atoms with Gasteiger partial charge < -0.3 is 36.3 Å². The molecule has 0 bridgehead atoms. The molecule has 9 rings (SSSR count). The van der Waals surface area contributed by atoms with E-state index in [0.29, 0.717) is 64.0 Å². The minimum absolute atomic E-state index is 0.0642. The maximum absolute atomic E-state index is 10.8. The molecule has 18 heteroatoms. The Labute approximate surface area is 477 Å². The summed E-state index contributed by atoms with van der Waals surface area (Å²) in [5.74, 6) is -2.03. The summed E-state index contributed by atoms with van der Waals surface area (Å²) in [5, 5.41) is 50.8. The van der Waals surface area contributed by atoms with Crippen LogP contribution in [0.5, 0.6) is 0 Å². The molecule has 0 saturated carbocycles. The summed E-state index contributed by atoms with van der Waals surface area (Å²) in [4.78, 5) is 26.5. The van der Waals surface area contributed by atoms with Gasteiger partial charge in [0.2, 0.25) is 16.7 Å². The molecular weight excluding hydrogens is 1100 g/mol. The highest BCUT2D eigenvalue weighted by atomic mass is 35.5. The van der Waals surface area contributed by atoms with Crippen LogP contribution in [0.1, 0.15) is 38.8 Å². The summed E-state index contributed by atoms with van der Waals surface area (Å²) in [6.07, 6.45) is -0.240. The maximum Gasteiger partial charge on any atom is 0.307 e. The fourth-order valence-corrected chi connectivity index (χ4v) is 8.59. The number of carbonyl (C=O) groups is 2. The van der Waals surface area contributed by atoms with Gasteiger partial charge in [-0.3, -0.25) is 4.79 Å². The topological polar surface area (TPSA) is 190 Å². The molecule has 5 N–H and O–H groups in total.